The van der Waals surface area contributed by atoms with Crippen LogP contribution in [-0.2, 0) is 19.1 Å². The minimum absolute atomic E-state index is 0.000342. The number of halogens is 4. The average molecular weight is 642 g/mol. The lowest BCUT2D eigenvalue weighted by Crippen LogP contribution is -2.46. The molecule has 0 aliphatic carbocycles. The minimum atomic E-state index is -3.45. The summed E-state index contributed by atoms with van der Waals surface area (Å²) in [5, 5.41) is 14.3. The molecule has 0 unspecified atom stereocenters. The number of thiazole rings is 1. The number of carboxylic acids is 1. The summed E-state index contributed by atoms with van der Waals surface area (Å²) in [7, 11) is 1.29. The van der Waals surface area contributed by atoms with Gasteiger partial charge in [-0.2, -0.15) is 0 Å². The maximum atomic E-state index is 15.3. The van der Waals surface area contributed by atoms with E-state index in [-0.39, 0.29) is 53.9 Å². The highest BCUT2D eigenvalue weighted by Gasteiger charge is 2.53. The molecular weight excluding hydrogens is 611 g/mol. The number of aliphatic carboxylic acids is 1. The van der Waals surface area contributed by atoms with Crippen LogP contribution < -0.4 is 5.32 Å². The van der Waals surface area contributed by atoms with Crippen molar-refractivity contribution in [3.63, 3.8) is 0 Å². The maximum Gasteiger partial charge on any atom is 0.338 e. The third-order valence-corrected chi connectivity index (χ3v) is 8.36. The number of nitrogens with one attached hydrogen (secondary N) is 1. The molecule has 43 heavy (non-hydrogen) atoms. The number of aromatic nitrogens is 1. The van der Waals surface area contributed by atoms with E-state index in [4.69, 9.17) is 16.3 Å². The molecule has 1 aromatic carbocycles. The van der Waals surface area contributed by atoms with Crippen LogP contribution in [0, 0.1) is 17.2 Å². The lowest BCUT2D eigenvalue weighted by Gasteiger charge is -2.30. The molecule has 15 heteroatoms. The zero-order valence-corrected chi connectivity index (χ0v) is 25.4. The maximum absolute atomic E-state index is 15.3. The minimum Gasteiger partial charge on any atom is -0.481 e. The van der Waals surface area contributed by atoms with Crippen LogP contribution in [0.4, 0.5) is 13.2 Å². The molecule has 1 amide bonds. The second-order valence-electron chi connectivity index (χ2n) is 11.0. The summed E-state index contributed by atoms with van der Waals surface area (Å²) in [4.78, 5) is 49.2. The van der Waals surface area contributed by atoms with Gasteiger partial charge < -0.3 is 20.1 Å². The monoisotopic (exact) mass is 641 g/mol. The van der Waals surface area contributed by atoms with Crippen LogP contribution >= 0.6 is 22.9 Å². The van der Waals surface area contributed by atoms with Crippen LogP contribution in [0.1, 0.15) is 37.4 Å². The Bertz CT molecular complexity index is 1470. The summed E-state index contributed by atoms with van der Waals surface area (Å²) in [5.41, 5.74) is -1.07. The highest BCUT2D eigenvalue weighted by Crippen LogP contribution is 2.39. The standard InChI is InChI=1S/C28H31ClF3N5O5S/c1-5-42-25(39)19-18(12-37-11-16(28(31,32)14-37)24(38)36(4)13-27(2,3)26(40)41)34-22(23-33-9-10-43-23)35-21(19)15-7-6-8-17(30)20(15)29/h6-10,16,21H,5,11-14H2,1-4H3,(H,34,35)(H,40,41)/t16-,21-/m0/s1. The number of hydrogen-bond donors (Lipinski definition) is 2. The van der Waals surface area contributed by atoms with Crippen LogP contribution in [0.15, 0.2) is 46.0 Å². The largest absolute Gasteiger partial charge is 0.481 e. The number of likely N-dealkylation sites (tertiary alicyclic amines) is 1. The highest BCUT2D eigenvalue weighted by molar-refractivity contribution is 7.11. The molecule has 2 aliphatic rings. The summed E-state index contributed by atoms with van der Waals surface area (Å²) in [6, 6.07) is 2.93. The number of amidine groups is 1. The van der Waals surface area contributed by atoms with Gasteiger partial charge in [0, 0.05) is 49.5 Å². The number of ether oxygens (including phenoxy) is 1. The smallest absolute Gasteiger partial charge is 0.338 e. The van der Waals surface area contributed by atoms with Crippen molar-refractivity contribution in [1.82, 2.24) is 20.1 Å². The van der Waals surface area contributed by atoms with Gasteiger partial charge >= 0.3 is 11.9 Å². The topological polar surface area (TPSA) is 124 Å². The molecule has 2 aromatic rings. The van der Waals surface area contributed by atoms with Crippen molar-refractivity contribution in [1.29, 1.82) is 0 Å². The van der Waals surface area contributed by atoms with E-state index in [9.17, 15) is 23.9 Å². The Kier molecular flexibility index (Phi) is 9.52. The number of rotatable bonds is 10. The molecule has 3 heterocycles. The van der Waals surface area contributed by atoms with Gasteiger partial charge in [-0.05, 0) is 26.8 Å². The molecule has 4 rings (SSSR count). The number of aliphatic imine (C=N–C) groups is 1. The lowest BCUT2D eigenvalue weighted by atomic mass is 9.92. The van der Waals surface area contributed by atoms with Gasteiger partial charge in [-0.25, -0.2) is 22.9 Å². The lowest BCUT2D eigenvalue weighted by molar-refractivity contribution is -0.152. The normalized spacial score (nSPS) is 20.4. The van der Waals surface area contributed by atoms with E-state index in [2.05, 4.69) is 15.3 Å². The Labute approximate surface area is 255 Å². The van der Waals surface area contributed by atoms with Gasteiger partial charge in [-0.3, -0.25) is 19.5 Å². The summed E-state index contributed by atoms with van der Waals surface area (Å²) < 4.78 is 50.4. The number of carbonyl (C=O) groups is 3. The second-order valence-corrected chi connectivity index (χ2v) is 12.2. The zero-order chi connectivity index (χ0) is 31.7. The summed E-state index contributed by atoms with van der Waals surface area (Å²) >= 11 is 7.55. The Morgan fingerprint density at radius 2 is 2.05 bits per heavy atom. The summed E-state index contributed by atoms with van der Waals surface area (Å²) in [6.07, 6.45) is 1.54. The highest BCUT2D eigenvalue weighted by atomic mass is 35.5. The van der Waals surface area contributed by atoms with Crippen LogP contribution in [0.5, 0.6) is 0 Å². The second kappa shape index (κ2) is 12.6. The third-order valence-electron chi connectivity index (χ3n) is 7.18. The van der Waals surface area contributed by atoms with Gasteiger partial charge in [0.1, 0.15) is 17.8 Å². The first-order chi connectivity index (χ1) is 20.2. The fraction of sp³-hybridized carbons (Fsp3) is 0.464. The van der Waals surface area contributed by atoms with Crippen molar-refractivity contribution < 1.29 is 37.4 Å². The number of benzene rings is 1. The Balaban J connectivity index is 1.70. The van der Waals surface area contributed by atoms with Crippen molar-refractivity contribution >= 4 is 46.6 Å². The fourth-order valence-corrected chi connectivity index (χ4v) is 5.86. The first kappa shape index (κ1) is 32.4. The number of carbonyl (C=O) groups excluding carboxylic acids is 2. The molecule has 2 atom stereocenters. The van der Waals surface area contributed by atoms with Crippen molar-refractivity contribution in [3.05, 3.63) is 62.5 Å². The van der Waals surface area contributed by atoms with E-state index in [1.54, 1.807) is 12.3 Å². The molecule has 0 bridgehead atoms. The molecule has 232 valence electrons. The molecule has 0 radical (unpaired) electrons. The molecule has 1 aromatic heterocycles. The van der Waals surface area contributed by atoms with Crippen LogP contribution in [0.25, 0.3) is 0 Å². The molecular formula is C28H31ClF3N5O5S. The number of esters is 1. The number of hydrogen-bond acceptors (Lipinski definition) is 9. The first-order valence-electron chi connectivity index (χ1n) is 13.3. The number of carboxylic acid groups (broad SMARTS) is 1. The molecule has 1 saturated heterocycles. The molecule has 2 N–H and O–H groups in total. The van der Waals surface area contributed by atoms with E-state index in [0.29, 0.717) is 5.01 Å². The summed E-state index contributed by atoms with van der Waals surface area (Å²) in [5.74, 6) is -8.58. The zero-order valence-electron chi connectivity index (χ0n) is 23.9. The Morgan fingerprint density at radius 1 is 1.33 bits per heavy atom. The number of nitrogens with zero attached hydrogens (tertiary/aromatic N) is 4. The number of alkyl halides is 2. The van der Waals surface area contributed by atoms with Crippen LogP contribution in [-0.4, -0.2) is 89.3 Å². The van der Waals surface area contributed by atoms with Gasteiger partial charge in [-0.1, -0.05) is 23.7 Å². The first-order valence-corrected chi connectivity index (χ1v) is 14.6. The average Bonchev–Trinajstić information content (AvgIpc) is 3.56. The summed E-state index contributed by atoms with van der Waals surface area (Å²) in [6.45, 7) is 2.71. The van der Waals surface area contributed by atoms with E-state index in [0.717, 1.165) is 11.0 Å². The van der Waals surface area contributed by atoms with Crippen molar-refractivity contribution in [2.75, 3.05) is 39.8 Å². The molecule has 0 spiro atoms. The predicted octanol–water partition coefficient (Wildman–Crippen LogP) is 3.98. The fourth-order valence-electron chi connectivity index (χ4n) is 5.05. The Morgan fingerprint density at radius 3 is 2.67 bits per heavy atom. The van der Waals surface area contributed by atoms with Crippen molar-refractivity contribution in [2.24, 2.45) is 16.3 Å². The van der Waals surface area contributed by atoms with Gasteiger partial charge in [0.25, 0.3) is 5.92 Å². The van der Waals surface area contributed by atoms with E-state index >= 15 is 8.78 Å². The Hall–Kier alpha value is -3.49. The van der Waals surface area contributed by atoms with Gasteiger partial charge in [0.2, 0.25) is 5.91 Å². The SMILES string of the molecule is CCOC(=O)C1=C(CN2C[C@@H](C(=O)N(C)CC(C)(C)C(=O)O)C(F)(F)C2)NC(c2nccs2)=N[C@H]1c1cccc(F)c1Cl. The van der Waals surface area contributed by atoms with Crippen molar-refractivity contribution in [3.8, 4) is 0 Å². The molecule has 0 saturated carbocycles. The van der Waals surface area contributed by atoms with Crippen molar-refractivity contribution in [2.45, 2.75) is 32.7 Å². The molecule has 2 aliphatic heterocycles. The number of amides is 1. The van der Waals surface area contributed by atoms with Gasteiger partial charge in [0.15, 0.2) is 10.8 Å². The van der Waals surface area contributed by atoms with E-state index in [1.165, 1.54) is 55.5 Å². The van der Waals surface area contributed by atoms with Crippen LogP contribution in [0.2, 0.25) is 5.02 Å². The van der Waals surface area contributed by atoms with E-state index in [1.807, 2.05) is 0 Å². The van der Waals surface area contributed by atoms with Gasteiger partial charge in [-0.15, -0.1) is 11.3 Å². The predicted molar refractivity (Wildman–Crippen MR) is 154 cm³/mol. The van der Waals surface area contributed by atoms with E-state index < -0.39 is 53.5 Å². The van der Waals surface area contributed by atoms with Crippen LogP contribution in [0.3, 0.4) is 0 Å². The van der Waals surface area contributed by atoms with Gasteiger partial charge in [0.05, 0.1) is 29.2 Å². The molecule has 1 fully saturated rings. The quantitative estimate of drug-likeness (QED) is 0.374. The molecule has 10 nitrogen and oxygen atoms in total. The third kappa shape index (κ3) is 6.86.